The molecule has 0 aliphatic carbocycles. The number of benzene rings is 1. The van der Waals surface area contributed by atoms with E-state index in [1.54, 1.807) is 0 Å². The Kier molecular flexibility index (Phi) is 3.72. The summed E-state index contributed by atoms with van der Waals surface area (Å²) in [6, 6.07) is 2.87. The van der Waals surface area contributed by atoms with Gasteiger partial charge in [-0.1, -0.05) is 0 Å². The van der Waals surface area contributed by atoms with Gasteiger partial charge >= 0.3 is 0 Å². The Bertz CT molecular complexity index is 603. The molecule has 0 aromatic heterocycles. The van der Waals surface area contributed by atoms with Crippen LogP contribution in [0.25, 0.3) is 0 Å². The molecule has 4 N–H and O–H groups in total. The van der Waals surface area contributed by atoms with E-state index in [2.05, 4.69) is 10.0 Å². The standard InChI is InChI=1S/C11H14FN3O3S/c12-7-1-3-10(9(13)5-7)19(17,18)14-6-8-2-4-11(16)15-8/h1,3,5,8,14H,2,4,6,13H2,(H,15,16). The molecule has 1 saturated heterocycles. The molecular weight excluding hydrogens is 273 g/mol. The summed E-state index contributed by atoms with van der Waals surface area (Å²) in [5.74, 6) is -0.690. The highest BCUT2D eigenvalue weighted by molar-refractivity contribution is 7.89. The Labute approximate surface area is 110 Å². The van der Waals surface area contributed by atoms with E-state index in [9.17, 15) is 17.6 Å². The van der Waals surface area contributed by atoms with Gasteiger partial charge < -0.3 is 11.1 Å². The first kappa shape index (κ1) is 13.8. The van der Waals surface area contributed by atoms with Crippen LogP contribution in [-0.4, -0.2) is 26.9 Å². The van der Waals surface area contributed by atoms with Crippen LogP contribution in [0.2, 0.25) is 0 Å². The van der Waals surface area contributed by atoms with Gasteiger partial charge in [0.15, 0.2) is 0 Å². The number of rotatable bonds is 4. The van der Waals surface area contributed by atoms with E-state index in [1.165, 1.54) is 0 Å². The minimum absolute atomic E-state index is 0.0882. The maximum atomic E-state index is 12.9. The highest BCUT2D eigenvalue weighted by Gasteiger charge is 2.24. The molecule has 1 aliphatic rings. The Morgan fingerprint density at radius 2 is 2.21 bits per heavy atom. The number of hydrogen-bond acceptors (Lipinski definition) is 4. The number of hydrogen-bond donors (Lipinski definition) is 3. The highest BCUT2D eigenvalue weighted by atomic mass is 32.2. The van der Waals surface area contributed by atoms with Crippen LogP contribution < -0.4 is 15.8 Å². The van der Waals surface area contributed by atoms with Crippen molar-refractivity contribution in [1.29, 1.82) is 0 Å². The van der Waals surface area contributed by atoms with Crippen LogP contribution in [0, 0.1) is 5.82 Å². The van der Waals surface area contributed by atoms with Crippen molar-refractivity contribution < 1.29 is 17.6 Å². The minimum atomic E-state index is -3.81. The van der Waals surface area contributed by atoms with Gasteiger partial charge in [0, 0.05) is 19.0 Å². The Morgan fingerprint density at radius 1 is 1.47 bits per heavy atom. The third-order valence-corrected chi connectivity index (χ3v) is 4.36. The number of amides is 1. The average Bonchev–Trinajstić information content (AvgIpc) is 2.72. The fourth-order valence-corrected chi connectivity index (χ4v) is 3.08. The minimum Gasteiger partial charge on any atom is -0.398 e. The molecule has 19 heavy (non-hydrogen) atoms. The number of nitrogens with one attached hydrogen (secondary N) is 2. The van der Waals surface area contributed by atoms with Crippen LogP contribution in [-0.2, 0) is 14.8 Å². The lowest BCUT2D eigenvalue weighted by molar-refractivity contribution is -0.119. The van der Waals surface area contributed by atoms with Crippen LogP contribution in [0.1, 0.15) is 12.8 Å². The molecular formula is C11H14FN3O3S. The first-order valence-corrected chi connectivity index (χ1v) is 7.21. The molecule has 1 fully saturated rings. The molecule has 1 aromatic rings. The van der Waals surface area contributed by atoms with Gasteiger partial charge in [-0.3, -0.25) is 4.79 Å². The van der Waals surface area contributed by atoms with E-state index >= 15 is 0 Å². The average molecular weight is 287 g/mol. The number of carbonyl (C=O) groups is 1. The lowest BCUT2D eigenvalue weighted by Gasteiger charge is -2.13. The number of anilines is 1. The van der Waals surface area contributed by atoms with Crippen LogP contribution in [0.5, 0.6) is 0 Å². The Balaban J connectivity index is 2.07. The quantitative estimate of drug-likeness (QED) is 0.677. The van der Waals surface area contributed by atoms with Crippen molar-refractivity contribution in [3.8, 4) is 0 Å². The van der Waals surface area contributed by atoms with Crippen molar-refractivity contribution in [2.24, 2.45) is 0 Å². The fraction of sp³-hybridized carbons (Fsp3) is 0.364. The molecule has 1 unspecified atom stereocenters. The fourth-order valence-electron chi connectivity index (χ4n) is 1.88. The predicted octanol–water partition coefficient (Wildman–Crippen LogP) is -0.0352. The van der Waals surface area contributed by atoms with Gasteiger partial charge in [0.2, 0.25) is 15.9 Å². The molecule has 0 spiro atoms. The van der Waals surface area contributed by atoms with E-state index in [-0.39, 0.29) is 29.1 Å². The van der Waals surface area contributed by atoms with Gasteiger partial charge in [-0.05, 0) is 24.6 Å². The summed E-state index contributed by atoms with van der Waals surface area (Å²) in [5, 5.41) is 2.64. The van der Waals surface area contributed by atoms with Crippen molar-refractivity contribution in [1.82, 2.24) is 10.0 Å². The third-order valence-electron chi connectivity index (χ3n) is 2.87. The molecule has 1 amide bonds. The second kappa shape index (κ2) is 5.14. The van der Waals surface area contributed by atoms with Gasteiger partial charge in [-0.25, -0.2) is 17.5 Å². The van der Waals surface area contributed by atoms with Crippen molar-refractivity contribution in [3.05, 3.63) is 24.0 Å². The van der Waals surface area contributed by atoms with Crippen molar-refractivity contribution in [2.75, 3.05) is 12.3 Å². The number of nitrogen functional groups attached to an aromatic ring is 1. The molecule has 0 radical (unpaired) electrons. The Hall–Kier alpha value is -1.67. The molecule has 8 heteroatoms. The largest absolute Gasteiger partial charge is 0.398 e. The van der Waals surface area contributed by atoms with E-state index in [0.717, 1.165) is 18.2 Å². The van der Waals surface area contributed by atoms with Gasteiger partial charge in [-0.2, -0.15) is 0 Å². The lowest BCUT2D eigenvalue weighted by Crippen LogP contribution is -2.38. The molecule has 1 heterocycles. The third kappa shape index (κ3) is 3.21. The first-order chi connectivity index (χ1) is 8.88. The molecule has 0 saturated carbocycles. The predicted molar refractivity (Wildman–Crippen MR) is 67.2 cm³/mol. The maximum Gasteiger partial charge on any atom is 0.242 e. The van der Waals surface area contributed by atoms with Gasteiger partial charge in [0.05, 0.1) is 5.69 Å². The monoisotopic (exact) mass is 287 g/mol. The summed E-state index contributed by atoms with van der Waals surface area (Å²) < 4.78 is 39.2. The van der Waals surface area contributed by atoms with Crippen LogP contribution in [0.4, 0.5) is 10.1 Å². The summed E-state index contributed by atoms with van der Waals surface area (Å²) in [5.41, 5.74) is 5.33. The lowest BCUT2D eigenvalue weighted by atomic mass is 10.2. The zero-order chi connectivity index (χ0) is 14.0. The molecule has 0 bridgehead atoms. The summed E-state index contributed by atoms with van der Waals surface area (Å²) in [6.07, 6.45) is 0.978. The molecule has 6 nitrogen and oxygen atoms in total. The van der Waals surface area contributed by atoms with Crippen LogP contribution >= 0.6 is 0 Å². The second-order valence-corrected chi connectivity index (χ2v) is 6.07. The van der Waals surface area contributed by atoms with E-state index in [0.29, 0.717) is 12.8 Å². The summed E-state index contributed by atoms with van der Waals surface area (Å²) in [7, 11) is -3.81. The zero-order valence-corrected chi connectivity index (χ0v) is 10.8. The molecule has 2 rings (SSSR count). The normalized spacial score (nSPS) is 19.4. The Morgan fingerprint density at radius 3 is 2.79 bits per heavy atom. The molecule has 1 aromatic carbocycles. The second-order valence-electron chi connectivity index (χ2n) is 4.34. The molecule has 1 aliphatic heterocycles. The van der Waals surface area contributed by atoms with E-state index in [4.69, 9.17) is 5.73 Å². The smallest absolute Gasteiger partial charge is 0.242 e. The van der Waals surface area contributed by atoms with E-state index < -0.39 is 15.8 Å². The number of carbonyl (C=O) groups excluding carboxylic acids is 1. The number of sulfonamides is 1. The highest BCUT2D eigenvalue weighted by Crippen LogP contribution is 2.19. The van der Waals surface area contributed by atoms with Crippen molar-refractivity contribution in [2.45, 2.75) is 23.8 Å². The van der Waals surface area contributed by atoms with Gasteiger partial charge in [-0.15, -0.1) is 0 Å². The number of halogens is 1. The van der Waals surface area contributed by atoms with Gasteiger partial charge in [0.25, 0.3) is 0 Å². The molecule has 1 atom stereocenters. The summed E-state index contributed by atoms with van der Waals surface area (Å²) in [6.45, 7) is 0.0882. The summed E-state index contributed by atoms with van der Waals surface area (Å²) >= 11 is 0. The SMILES string of the molecule is Nc1cc(F)ccc1S(=O)(=O)NCC1CCC(=O)N1. The van der Waals surface area contributed by atoms with Crippen LogP contribution in [0.15, 0.2) is 23.1 Å². The van der Waals surface area contributed by atoms with E-state index in [1.807, 2.05) is 0 Å². The summed E-state index contributed by atoms with van der Waals surface area (Å²) in [4.78, 5) is 10.8. The van der Waals surface area contributed by atoms with Crippen molar-refractivity contribution in [3.63, 3.8) is 0 Å². The topological polar surface area (TPSA) is 101 Å². The molecule has 104 valence electrons. The zero-order valence-electron chi connectivity index (χ0n) is 10.0. The number of nitrogens with two attached hydrogens (primary N) is 1. The van der Waals surface area contributed by atoms with Crippen LogP contribution in [0.3, 0.4) is 0 Å². The van der Waals surface area contributed by atoms with Gasteiger partial charge in [0.1, 0.15) is 10.7 Å². The van der Waals surface area contributed by atoms with Crippen molar-refractivity contribution >= 4 is 21.6 Å². The maximum absolute atomic E-state index is 12.9. The first-order valence-electron chi connectivity index (χ1n) is 5.72.